The van der Waals surface area contributed by atoms with Gasteiger partial charge in [-0.05, 0) is 17.0 Å². The van der Waals surface area contributed by atoms with Crippen LogP contribution in [-0.2, 0) is 23.9 Å². The Bertz CT molecular complexity index is 558. The zero-order chi connectivity index (χ0) is 16.4. The number of hydrogen-bond acceptors (Lipinski definition) is 3. The highest BCUT2D eigenvalue weighted by molar-refractivity contribution is 5.18. The summed E-state index contributed by atoms with van der Waals surface area (Å²) in [7, 11) is 0. The highest BCUT2D eigenvalue weighted by Gasteiger charge is 2.20. The molecule has 130 valence electrons. The first kappa shape index (κ1) is 19.4. The van der Waals surface area contributed by atoms with Crippen molar-refractivity contribution in [2.45, 2.75) is 72.9 Å². The minimum Gasteiger partial charge on any atom is -0.309 e. The number of aromatic amines is 1. The smallest absolute Gasteiger partial charge is 0.0681 e. The summed E-state index contributed by atoms with van der Waals surface area (Å²) >= 11 is 0. The number of fused-ring (bicyclic) bond motifs is 1. The second kappa shape index (κ2) is 7.30. The maximum atomic E-state index is 4.60. The summed E-state index contributed by atoms with van der Waals surface area (Å²) in [6.45, 7) is 16.1. The van der Waals surface area contributed by atoms with Gasteiger partial charge in [0.05, 0.1) is 24.1 Å². The van der Waals surface area contributed by atoms with E-state index in [2.05, 4.69) is 72.9 Å². The summed E-state index contributed by atoms with van der Waals surface area (Å²) in [6.07, 6.45) is 3.79. The van der Waals surface area contributed by atoms with Gasteiger partial charge in [0.25, 0.3) is 0 Å². The van der Waals surface area contributed by atoms with Crippen molar-refractivity contribution in [1.29, 1.82) is 0 Å². The predicted octanol–water partition coefficient (Wildman–Crippen LogP) is 3.63. The second-order valence-corrected chi connectivity index (χ2v) is 7.91. The molecule has 0 amide bonds. The highest BCUT2D eigenvalue weighted by Crippen LogP contribution is 2.22. The largest absolute Gasteiger partial charge is 0.309 e. The standard InChI is InChI=1S/C10H17N3.C7H12N2.CH4/c1-10(2,3)9-6-8-7-11-4-5-13(8)12-9;1-7(2,3)6-4-8-9-5-6;/h6,11H,4-5,7H2,1-3H3;4-5H,1-3H3,(H,8,9);1H4. The Balaban J connectivity index is 0.000000235. The molecule has 2 aromatic rings. The number of nitrogens with zero attached hydrogens (tertiary/aromatic N) is 3. The van der Waals surface area contributed by atoms with Gasteiger partial charge in [-0.25, -0.2) is 0 Å². The number of H-pyrrole nitrogens is 1. The molecule has 0 radical (unpaired) electrons. The summed E-state index contributed by atoms with van der Waals surface area (Å²) in [4.78, 5) is 0. The Morgan fingerprint density at radius 2 is 1.78 bits per heavy atom. The molecule has 0 bridgehead atoms. The quantitative estimate of drug-likeness (QED) is 0.779. The number of rotatable bonds is 0. The van der Waals surface area contributed by atoms with E-state index in [9.17, 15) is 0 Å². The fraction of sp³-hybridized carbons (Fsp3) is 0.667. The topological polar surface area (TPSA) is 58.5 Å². The highest BCUT2D eigenvalue weighted by atomic mass is 15.3. The predicted molar refractivity (Wildman–Crippen MR) is 96.7 cm³/mol. The maximum absolute atomic E-state index is 4.60. The maximum Gasteiger partial charge on any atom is 0.0681 e. The molecule has 0 saturated heterocycles. The van der Waals surface area contributed by atoms with Gasteiger partial charge < -0.3 is 5.32 Å². The van der Waals surface area contributed by atoms with E-state index in [1.807, 2.05) is 12.4 Å². The van der Waals surface area contributed by atoms with Crippen molar-refractivity contribution >= 4 is 0 Å². The lowest BCUT2D eigenvalue weighted by Crippen LogP contribution is -2.28. The van der Waals surface area contributed by atoms with E-state index in [-0.39, 0.29) is 18.3 Å². The zero-order valence-electron chi connectivity index (χ0n) is 14.7. The van der Waals surface area contributed by atoms with Crippen molar-refractivity contribution in [3.05, 3.63) is 35.4 Å². The van der Waals surface area contributed by atoms with Gasteiger partial charge in [-0.15, -0.1) is 0 Å². The molecule has 0 aromatic carbocycles. The Morgan fingerprint density at radius 3 is 2.22 bits per heavy atom. The van der Waals surface area contributed by atoms with Crippen molar-refractivity contribution in [2.75, 3.05) is 6.54 Å². The van der Waals surface area contributed by atoms with Gasteiger partial charge in [0.15, 0.2) is 0 Å². The SMILES string of the molecule is C.CC(C)(C)c1cc2n(n1)CCNC2.CC(C)(C)c1cn[nH]c1. The van der Waals surface area contributed by atoms with E-state index >= 15 is 0 Å². The van der Waals surface area contributed by atoms with Crippen LogP contribution in [-0.4, -0.2) is 26.5 Å². The first-order valence-electron chi connectivity index (χ1n) is 7.95. The van der Waals surface area contributed by atoms with E-state index < -0.39 is 0 Å². The van der Waals surface area contributed by atoms with E-state index in [1.54, 1.807) is 0 Å². The minimum atomic E-state index is 0. The van der Waals surface area contributed by atoms with E-state index in [0.717, 1.165) is 19.6 Å². The van der Waals surface area contributed by atoms with Crippen LogP contribution in [0, 0.1) is 0 Å². The van der Waals surface area contributed by atoms with Crippen molar-refractivity contribution in [1.82, 2.24) is 25.3 Å². The van der Waals surface area contributed by atoms with Crippen molar-refractivity contribution < 1.29 is 0 Å². The van der Waals surface area contributed by atoms with Crippen LogP contribution in [0.5, 0.6) is 0 Å². The molecule has 5 heteroatoms. The molecule has 1 aliphatic heterocycles. The van der Waals surface area contributed by atoms with Gasteiger partial charge in [0, 0.05) is 24.7 Å². The summed E-state index contributed by atoms with van der Waals surface area (Å²) < 4.78 is 2.12. The summed E-state index contributed by atoms with van der Waals surface area (Å²) in [6, 6.07) is 2.21. The average molecular weight is 319 g/mol. The zero-order valence-corrected chi connectivity index (χ0v) is 14.7. The van der Waals surface area contributed by atoms with Gasteiger partial charge in [0.1, 0.15) is 0 Å². The molecule has 0 unspecified atom stereocenters. The van der Waals surface area contributed by atoms with Gasteiger partial charge in [-0.3, -0.25) is 9.78 Å². The number of aromatic nitrogens is 4. The normalized spacial score (nSPS) is 14.3. The molecule has 1 aliphatic rings. The lowest BCUT2D eigenvalue weighted by Gasteiger charge is -2.15. The molecule has 0 atom stereocenters. The van der Waals surface area contributed by atoms with Crippen LogP contribution in [0.3, 0.4) is 0 Å². The Labute approximate surface area is 140 Å². The lowest BCUT2D eigenvalue weighted by atomic mass is 9.90. The molecule has 0 saturated carbocycles. The van der Waals surface area contributed by atoms with Crippen LogP contribution in [0.1, 0.15) is 65.9 Å². The fourth-order valence-corrected chi connectivity index (χ4v) is 2.22. The minimum absolute atomic E-state index is 0. The lowest BCUT2D eigenvalue weighted by molar-refractivity contribution is 0.463. The third-order valence-corrected chi connectivity index (χ3v) is 3.80. The van der Waals surface area contributed by atoms with Crippen LogP contribution in [0.2, 0.25) is 0 Å². The van der Waals surface area contributed by atoms with Gasteiger partial charge >= 0.3 is 0 Å². The van der Waals surface area contributed by atoms with Gasteiger partial charge in [0.2, 0.25) is 0 Å². The molecule has 0 spiro atoms. The molecule has 2 aromatic heterocycles. The summed E-state index contributed by atoms with van der Waals surface area (Å²) in [5, 5.41) is 14.6. The Hall–Kier alpha value is -1.62. The van der Waals surface area contributed by atoms with E-state index in [4.69, 9.17) is 0 Å². The molecular weight excluding hydrogens is 286 g/mol. The van der Waals surface area contributed by atoms with Crippen molar-refractivity contribution in [3.63, 3.8) is 0 Å². The second-order valence-electron chi connectivity index (χ2n) is 7.91. The first-order valence-corrected chi connectivity index (χ1v) is 7.95. The molecular formula is C18H33N5. The molecule has 0 fully saturated rings. The van der Waals surface area contributed by atoms with Gasteiger partial charge in [-0.1, -0.05) is 49.0 Å². The van der Waals surface area contributed by atoms with Crippen LogP contribution in [0.15, 0.2) is 18.5 Å². The summed E-state index contributed by atoms with van der Waals surface area (Å²) in [5.74, 6) is 0. The van der Waals surface area contributed by atoms with Crippen molar-refractivity contribution in [3.8, 4) is 0 Å². The third kappa shape index (κ3) is 5.20. The number of nitrogens with one attached hydrogen (secondary N) is 2. The monoisotopic (exact) mass is 319 g/mol. The van der Waals surface area contributed by atoms with E-state index in [0.29, 0.717) is 0 Å². The van der Waals surface area contributed by atoms with Crippen LogP contribution in [0.4, 0.5) is 0 Å². The molecule has 3 heterocycles. The van der Waals surface area contributed by atoms with Crippen LogP contribution in [0.25, 0.3) is 0 Å². The third-order valence-electron chi connectivity index (χ3n) is 3.80. The summed E-state index contributed by atoms with van der Waals surface area (Å²) in [5.41, 5.74) is 4.17. The Morgan fingerprint density at radius 1 is 1.09 bits per heavy atom. The number of hydrogen-bond donors (Lipinski definition) is 2. The molecule has 3 rings (SSSR count). The van der Waals surface area contributed by atoms with Crippen LogP contribution >= 0.6 is 0 Å². The average Bonchev–Trinajstić information content (AvgIpc) is 3.07. The van der Waals surface area contributed by atoms with Crippen LogP contribution < -0.4 is 5.32 Å². The molecule has 23 heavy (non-hydrogen) atoms. The molecule has 5 nitrogen and oxygen atoms in total. The first-order chi connectivity index (χ1) is 10.2. The van der Waals surface area contributed by atoms with Gasteiger partial charge in [-0.2, -0.15) is 10.2 Å². The molecule has 0 aliphatic carbocycles. The fourth-order valence-electron chi connectivity index (χ4n) is 2.22. The van der Waals surface area contributed by atoms with E-state index in [1.165, 1.54) is 17.0 Å². The van der Waals surface area contributed by atoms with Crippen molar-refractivity contribution in [2.24, 2.45) is 0 Å². The molecule has 2 N–H and O–H groups in total. The Kier molecular flexibility index (Phi) is 6.17.